The van der Waals surface area contributed by atoms with Crippen molar-refractivity contribution in [3.63, 3.8) is 0 Å². The van der Waals surface area contributed by atoms with Gasteiger partial charge in [-0.25, -0.2) is 0 Å². The Labute approximate surface area is 111 Å². The average molecular weight is 249 g/mol. The maximum Gasteiger partial charge on any atom is 0.223 e. The Balaban J connectivity index is 1.95. The second kappa shape index (κ2) is 3.98. The summed E-state index contributed by atoms with van der Waals surface area (Å²) in [6, 6.07) is 0. The number of nitrogens with one attached hydrogen (secondary N) is 1. The van der Waals surface area contributed by atoms with Gasteiger partial charge in [0, 0.05) is 12.5 Å². The first-order valence-corrected chi connectivity index (χ1v) is 7.78. The molecule has 0 radical (unpaired) electrons. The zero-order valence-electron chi connectivity index (χ0n) is 12.1. The predicted molar refractivity (Wildman–Crippen MR) is 73.1 cm³/mol. The lowest BCUT2D eigenvalue weighted by Crippen LogP contribution is -2.66. The van der Waals surface area contributed by atoms with Crippen molar-refractivity contribution in [2.45, 2.75) is 59.3 Å². The molecular formula is C16H27NO. The summed E-state index contributed by atoms with van der Waals surface area (Å²) in [5.74, 6) is 2.21. The Kier molecular flexibility index (Phi) is 2.76. The van der Waals surface area contributed by atoms with Crippen molar-refractivity contribution in [3.8, 4) is 0 Å². The van der Waals surface area contributed by atoms with E-state index in [0.29, 0.717) is 22.7 Å². The molecule has 4 fully saturated rings. The van der Waals surface area contributed by atoms with Crippen LogP contribution in [0.25, 0.3) is 0 Å². The summed E-state index contributed by atoms with van der Waals surface area (Å²) in [6.45, 7) is 8.14. The molecule has 18 heavy (non-hydrogen) atoms. The van der Waals surface area contributed by atoms with E-state index in [1.807, 2.05) is 0 Å². The van der Waals surface area contributed by atoms with Gasteiger partial charge in [-0.15, -0.1) is 0 Å². The van der Waals surface area contributed by atoms with Gasteiger partial charge in [-0.3, -0.25) is 4.79 Å². The number of carbonyl (C=O) groups is 1. The Morgan fingerprint density at radius 2 is 1.94 bits per heavy atom. The van der Waals surface area contributed by atoms with E-state index >= 15 is 0 Å². The molecule has 3 aliphatic carbocycles. The number of amides is 1. The van der Waals surface area contributed by atoms with Crippen LogP contribution in [0.5, 0.6) is 0 Å². The third-order valence-corrected chi connectivity index (χ3v) is 6.79. The molecule has 1 aliphatic heterocycles. The maximum absolute atomic E-state index is 12.5. The lowest BCUT2D eigenvalue weighted by Gasteiger charge is -2.71. The van der Waals surface area contributed by atoms with Gasteiger partial charge in [-0.2, -0.15) is 0 Å². The molecule has 0 spiro atoms. The number of fused-ring (bicyclic) bond motifs is 2. The second-order valence-electron chi connectivity index (χ2n) is 7.48. The number of hydrogen-bond donors (Lipinski definition) is 1. The molecule has 0 aromatic heterocycles. The lowest BCUT2D eigenvalue weighted by atomic mass is 9.33. The van der Waals surface area contributed by atoms with E-state index < -0.39 is 0 Å². The lowest BCUT2D eigenvalue weighted by molar-refractivity contribution is -0.226. The van der Waals surface area contributed by atoms with Crippen molar-refractivity contribution < 1.29 is 4.79 Å². The fourth-order valence-electron chi connectivity index (χ4n) is 5.55. The zero-order chi connectivity index (χ0) is 13.0. The molecule has 3 saturated carbocycles. The van der Waals surface area contributed by atoms with Crippen molar-refractivity contribution in [1.82, 2.24) is 5.32 Å². The first kappa shape index (κ1) is 12.5. The minimum Gasteiger partial charge on any atom is -0.356 e. The summed E-state index contributed by atoms with van der Waals surface area (Å²) in [5, 5.41) is 3.16. The van der Waals surface area contributed by atoms with Crippen LogP contribution in [0.15, 0.2) is 0 Å². The van der Waals surface area contributed by atoms with E-state index in [-0.39, 0.29) is 5.92 Å². The van der Waals surface area contributed by atoms with Gasteiger partial charge in [0.15, 0.2) is 0 Å². The molecule has 4 unspecified atom stereocenters. The molecule has 1 amide bonds. The first-order valence-electron chi connectivity index (χ1n) is 7.78. The van der Waals surface area contributed by atoms with Gasteiger partial charge in [0.25, 0.3) is 0 Å². The number of carbonyl (C=O) groups excluding carboxylic acids is 1. The van der Waals surface area contributed by atoms with Gasteiger partial charge in [0.2, 0.25) is 5.91 Å². The van der Waals surface area contributed by atoms with E-state index in [1.165, 1.54) is 25.7 Å². The molecule has 2 bridgehead atoms. The van der Waals surface area contributed by atoms with Gasteiger partial charge in [-0.05, 0) is 54.8 Å². The summed E-state index contributed by atoms with van der Waals surface area (Å²) < 4.78 is 0. The molecule has 1 saturated heterocycles. The highest BCUT2D eigenvalue weighted by atomic mass is 16.1. The first-order chi connectivity index (χ1) is 8.50. The van der Waals surface area contributed by atoms with Crippen molar-refractivity contribution in [1.29, 1.82) is 0 Å². The topological polar surface area (TPSA) is 29.1 Å². The van der Waals surface area contributed by atoms with Gasteiger partial charge >= 0.3 is 0 Å². The summed E-state index contributed by atoms with van der Waals surface area (Å²) in [5.41, 5.74) is 0.668. The standard InChI is InChI=1S/C16H27NO/c1-11-7-8-12-10-16(11,15(12,2)3)13-6-4-5-9-17-14(13)18/h11-13H,4-10H2,1-3H3,(H,17,18). The minimum absolute atomic E-state index is 0.279. The van der Waals surface area contributed by atoms with Crippen LogP contribution in [0.3, 0.4) is 0 Å². The molecular weight excluding hydrogens is 222 g/mol. The Bertz CT molecular complexity index is 362. The van der Waals surface area contributed by atoms with Gasteiger partial charge in [0.05, 0.1) is 0 Å². The fraction of sp³-hybridized carbons (Fsp3) is 0.938. The smallest absolute Gasteiger partial charge is 0.223 e. The van der Waals surface area contributed by atoms with E-state index in [1.54, 1.807) is 0 Å². The van der Waals surface area contributed by atoms with E-state index in [2.05, 4.69) is 26.1 Å². The molecule has 102 valence electrons. The van der Waals surface area contributed by atoms with Crippen LogP contribution in [-0.4, -0.2) is 12.5 Å². The molecule has 1 N–H and O–H groups in total. The molecule has 2 nitrogen and oxygen atoms in total. The summed E-state index contributed by atoms with van der Waals surface area (Å²) in [7, 11) is 0. The molecule has 4 aliphatic rings. The molecule has 1 heterocycles. The van der Waals surface area contributed by atoms with Crippen molar-refractivity contribution in [2.75, 3.05) is 6.54 Å². The van der Waals surface area contributed by atoms with Gasteiger partial charge in [-0.1, -0.05) is 27.2 Å². The van der Waals surface area contributed by atoms with Crippen LogP contribution in [0.2, 0.25) is 0 Å². The monoisotopic (exact) mass is 249 g/mol. The highest BCUT2D eigenvalue weighted by Gasteiger charge is 2.68. The Hall–Kier alpha value is -0.530. The minimum atomic E-state index is 0.279. The summed E-state index contributed by atoms with van der Waals surface area (Å²) in [4.78, 5) is 12.5. The third kappa shape index (κ3) is 1.38. The van der Waals surface area contributed by atoms with Gasteiger partial charge in [0.1, 0.15) is 0 Å². The van der Waals surface area contributed by atoms with Crippen molar-refractivity contribution in [3.05, 3.63) is 0 Å². The van der Waals surface area contributed by atoms with Crippen LogP contribution in [0, 0.1) is 28.6 Å². The zero-order valence-corrected chi connectivity index (χ0v) is 12.1. The largest absolute Gasteiger partial charge is 0.356 e. The molecule has 0 aromatic rings. The predicted octanol–water partition coefficient (Wildman–Crippen LogP) is 3.37. The van der Waals surface area contributed by atoms with Crippen LogP contribution in [-0.2, 0) is 4.79 Å². The normalized spacial score (nSPS) is 46.8. The van der Waals surface area contributed by atoms with E-state index in [4.69, 9.17) is 0 Å². The maximum atomic E-state index is 12.5. The molecule has 2 heteroatoms. The molecule has 4 rings (SSSR count). The Morgan fingerprint density at radius 3 is 2.61 bits per heavy atom. The number of rotatable bonds is 1. The van der Waals surface area contributed by atoms with Gasteiger partial charge < -0.3 is 5.32 Å². The third-order valence-electron chi connectivity index (χ3n) is 6.79. The summed E-state index contributed by atoms with van der Waals surface area (Å²) in [6.07, 6.45) is 7.52. The quantitative estimate of drug-likeness (QED) is 0.758. The highest BCUT2D eigenvalue weighted by Crippen LogP contribution is 2.73. The fourth-order valence-corrected chi connectivity index (χ4v) is 5.55. The highest BCUT2D eigenvalue weighted by molar-refractivity contribution is 5.80. The summed E-state index contributed by atoms with van der Waals surface area (Å²) >= 11 is 0. The average Bonchev–Trinajstić information content (AvgIpc) is 2.54. The second-order valence-corrected chi connectivity index (χ2v) is 7.48. The molecule has 0 aromatic carbocycles. The van der Waals surface area contributed by atoms with Crippen LogP contribution in [0.1, 0.15) is 59.3 Å². The molecule has 4 atom stereocenters. The number of hydrogen-bond acceptors (Lipinski definition) is 1. The van der Waals surface area contributed by atoms with E-state index in [0.717, 1.165) is 25.3 Å². The van der Waals surface area contributed by atoms with Crippen LogP contribution >= 0.6 is 0 Å². The SMILES string of the molecule is CC1CCC2CC1(C1CCCCNC1=O)C2(C)C. The van der Waals surface area contributed by atoms with Crippen molar-refractivity contribution in [2.24, 2.45) is 28.6 Å². The van der Waals surface area contributed by atoms with Crippen LogP contribution < -0.4 is 5.32 Å². The Morgan fingerprint density at radius 1 is 1.17 bits per heavy atom. The van der Waals surface area contributed by atoms with Crippen LogP contribution in [0.4, 0.5) is 0 Å². The van der Waals surface area contributed by atoms with Crippen molar-refractivity contribution >= 4 is 5.91 Å². The van der Waals surface area contributed by atoms with E-state index in [9.17, 15) is 4.79 Å².